The fourth-order valence-corrected chi connectivity index (χ4v) is 15.8. The van der Waals surface area contributed by atoms with E-state index in [0.29, 0.717) is 35.0 Å². The summed E-state index contributed by atoms with van der Waals surface area (Å²) in [5.74, 6) is -12.1. The smallest absolute Gasteiger partial charge is 0.253 e. The quantitative estimate of drug-likeness (QED) is 0.0123. The number of benzene rings is 10. The molecular weight excluding hydrogens is 2340 g/mol. The predicted molar refractivity (Wildman–Crippen MR) is 515 cm³/mol. The number of hydrogen-bond acceptors (Lipinski definition) is 17. The van der Waals surface area contributed by atoms with Crippen LogP contribution in [0.25, 0.3) is 0 Å². The van der Waals surface area contributed by atoms with Gasteiger partial charge in [-0.25, -0.2) is 39.5 Å². The lowest BCUT2D eigenvalue weighted by Gasteiger charge is -2.26. The Kier molecular flexibility index (Phi) is 42.9. The summed E-state index contributed by atoms with van der Waals surface area (Å²) in [7, 11) is 0. The molecule has 5 amide bonds. The van der Waals surface area contributed by atoms with Gasteiger partial charge in [0.05, 0.1) is 104 Å². The number of amides is 5. The molecule has 0 bridgehead atoms. The first-order chi connectivity index (χ1) is 59.4. The number of carbonyl (C=O) groups excluding carboxylic acids is 5. The number of aryl methyl sites for hydroxylation is 5. The zero-order valence-corrected chi connectivity index (χ0v) is 81.3. The van der Waals surface area contributed by atoms with Crippen LogP contribution in [-0.4, -0.2) is 156 Å². The molecule has 1 aliphatic heterocycles. The van der Waals surface area contributed by atoms with Gasteiger partial charge in [0.25, 0.3) is 29.5 Å². The van der Waals surface area contributed by atoms with Crippen molar-refractivity contribution >= 4 is 231 Å². The molecule has 125 heavy (non-hydrogen) atoms. The molecule has 0 aliphatic carbocycles. The van der Waals surface area contributed by atoms with Crippen LogP contribution in [0, 0.1) is 105 Å². The Hall–Kier alpha value is -7.75. The molecule has 0 radical (unpaired) electrons. The van der Waals surface area contributed by atoms with Crippen LogP contribution >= 0.6 is 145 Å². The fraction of sp³-hybridized carbons (Fsp3) is 0.253. The molecule has 11 rings (SSSR count). The van der Waals surface area contributed by atoms with E-state index >= 15 is 0 Å². The van der Waals surface area contributed by atoms with Crippen molar-refractivity contribution < 1.29 is 94.1 Å². The average molecular weight is 2430 g/mol. The third-order valence-corrected chi connectivity index (χ3v) is 22.9. The number of halogens is 16. The number of nitrogens with zero attached hydrogens (tertiary/aromatic N) is 1. The van der Waals surface area contributed by atoms with Crippen LogP contribution in [0.15, 0.2) is 155 Å². The van der Waals surface area contributed by atoms with Gasteiger partial charge in [-0.15, -0.1) is 0 Å². The molecule has 0 spiro atoms. The van der Waals surface area contributed by atoms with Crippen molar-refractivity contribution in [2.24, 2.45) is 0 Å². The van der Waals surface area contributed by atoms with E-state index in [2.05, 4.69) is 203 Å². The second kappa shape index (κ2) is 51.4. The van der Waals surface area contributed by atoms with Crippen LogP contribution in [0.4, 0.5) is 96.4 Å². The first-order valence-corrected chi connectivity index (χ1v) is 45.1. The molecule has 16 N–H and O–H groups in total. The summed E-state index contributed by atoms with van der Waals surface area (Å²) in [5.41, 5.74) is 6.86. The van der Waals surface area contributed by atoms with E-state index in [1.807, 2.05) is 88.4 Å². The molecule has 2 atom stereocenters. The molecule has 1 aliphatic rings. The van der Waals surface area contributed by atoms with Crippen LogP contribution in [0.1, 0.15) is 98.9 Å². The number of aliphatic hydroxyl groups excluding tert-OH is 6. The largest absolute Gasteiger partial charge is 0.395 e. The van der Waals surface area contributed by atoms with Gasteiger partial charge in [-0.05, 0) is 379 Å². The lowest BCUT2D eigenvalue weighted by molar-refractivity contribution is 0.0799. The SMILES string of the molecule is Cc1cc(I)ccc1Nc1c(C(=O)NCC(O)CO)ccc(F)c1F.Cc1cc(I)ccc1Nc1c(C(=O)NCCN2CCCCC2)cc(Br)c(F)c1F.Cc1cc(I)ccc1Nc1c(C(=O)NCCO)cc(Br)c(F)c1F.Cc1cc(I)ccc1Nc1c(C(=O)NCCO)ccc(F)c1F.Cc1cc(I)ccc1Nc1cc(F)ccc1C(=O)NCC(O)CO. The molecule has 38 heteroatoms. The van der Waals surface area contributed by atoms with Gasteiger partial charge in [0.15, 0.2) is 46.5 Å². The maximum atomic E-state index is 14.7. The number of anilines is 10. The Labute approximate surface area is 800 Å². The molecule has 1 fully saturated rings. The van der Waals surface area contributed by atoms with Gasteiger partial charge < -0.3 is 88.7 Å². The van der Waals surface area contributed by atoms with E-state index in [1.54, 1.807) is 37.3 Å². The van der Waals surface area contributed by atoms with Crippen molar-refractivity contribution in [2.45, 2.75) is 66.1 Å². The van der Waals surface area contributed by atoms with Crippen molar-refractivity contribution in [2.75, 3.05) is 105 Å². The molecule has 22 nitrogen and oxygen atoms in total. The van der Waals surface area contributed by atoms with E-state index in [0.717, 1.165) is 89.2 Å². The molecule has 2 unspecified atom stereocenters. The highest BCUT2D eigenvalue weighted by Gasteiger charge is 2.27. The lowest BCUT2D eigenvalue weighted by Crippen LogP contribution is -2.37. The molecule has 10 aromatic rings. The van der Waals surface area contributed by atoms with Gasteiger partial charge in [0, 0.05) is 85.6 Å². The maximum Gasteiger partial charge on any atom is 0.253 e. The number of hydrogen-bond donors (Lipinski definition) is 16. The van der Waals surface area contributed by atoms with Gasteiger partial charge >= 0.3 is 0 Å². The summed E-state index contributed by atoms with van der Waals surface area (Å²) in [6.45, 7) is 10.8. The number of nitrogens with one attached hydrogen (secondary N) is 10. The van der Waals surface area contributed by atoms with Gasteiger partial charge in [-0.2, -0.15) is 0 Å². The van der Waals surface area contributed by atoms with Crippen molar-refractivity contribution in [1.29, 1.82) is 0 Å². The van der Waals surface area contributed by atoms with Crippen molar-refractivity contribution in [1.82, 2.24) is 31.5 Å². The molecule has 1 heterocycles. The molecule has 10 aromatic carbocycles. The Morgan fingerprint density at radius 2 is 0.656 bits per heavy atom. The lowest BCUT2D eigenvalue weighted by atomic mass is 10.1. The van der Waals surface area contributed by atoms with E-state index < -0.39 is 107 Å². The highest BCUT2D eigenvalue weighted by atomic mass is 127. The minimum Gasteiger partial charge on any atom is -0.395 e. The van der Waals surface area contributed by atoms with Crippen molar-refractivity contribution in [3.63, 3.8) is 0 Å². The molecule has 668 valence electrons. The summed E-state index contributed by atoms with van der Waals surface area (Å²) in [5, 5.41) is 80.7. The Morgan fingerprint density at radius 3 is 0.992 bits per heavy atom. The van der Waals surface area contributed by atoms with Crippen LogP contribution in [0.3, 0.4) is 0 Å². The number of piperidine rings is 1. The highest BCUT2D eigenvalue weighted by Crippen LogP contribution is 2.37. The van der Waals surface area contributed by atoms with Crippen LogP contribution < -0.4 is 53.2 Å². The van der Waals surface area contributed by atoms with Crippen LogP contribution in [0.2, 0.25) is 0 Å². The molecular formula is C87H87Br2F9I5N11O11. The first-order valence-electron chi connectivity index (χ1n) is 38.1. The van der Waals surface area contributed by atoms with Gasteiger partial charge in [0.2, 0.25) is 0 Å². The topological polar surface area (TPSA) is 330 Å². The fourth-order valence-electron chi connectivity index (χ4n) is 11.7. The average Bonchev–Trinajstić information content (AvgIpc) is 0.804. The van der Waals surface area contributed by atoms with E-state index in [1.165, 1.54) is 55.7 Å². The van der Waals surface area contributed by atoms with E-state index in [9.17, 15) is 73.7 Å². The predicted octanol–water partition coefficient (Wildman–Crippen LogP) is 18.3. The molecule has 0 aromatic heterocycles. The minimum absolute atomic E-state index is 0.0114. The Bertz CT molecular complexity index is 5490. The number of rotatable bonds is 28. The third-order valence-electron chi connectivity index (χ3n) is 18.3. The Balaban J connectivity index is 0.000000215. The Morgan fingerprint density at radius 1 is 0.352 bits per heavy atom. The van der Waals surface area contributed by atoms with Gasteiger partial charge in [-0.1, -0.05) is 6.42 Å². The van der Waals surface area contributed by atoms with Crippen molar-refractivity contribution in [3.05, 3.63) is 280 Å². The summed E-state index contributed by atoms with van der Waals surface area (Å²) in [6.07, 6.45) is 1.42. The minimum atomic E-state index is -1.17. The standard InChI is InChI=1S/C21H23BrF2IN3O.C17H17F2IN2O3.C17H18FIN2O3.C16H14BrF2IN2O2.C16H15F2IN2O2/c1-13-11-14(25)5-6-17(13)27-20-15(12-16(22)18(23)19(20)24)21(29)26-7-10-28-8-3-2-4-9-28;1-9-6-10(20)2-5-14(9)22-16-12(3-4-13(18)15(16)19)17(25)21-7-11(24)8-23;1-10-6-12(19)3-5-15(10)21-16-7-11(18)2-4-14(16)17(24)20-8-13(23)9-22;1-8-6-9(20)2-3-12(8)22-15-10(16(24)21-4-5-23)7-11(17)13(18)14(15)19;1-9-8-10(19)2-5-13(9)21-15-11(16(23)20-6-7-22)3-4-12(17)14(15)18/h5-6,11-12,27H,2-4,7-10H2,1H3,(H,26,29);2-6,11,22-24H,7-8H2,1H3,(H,21,25);2-7,13,21-23H,8-9H2,1H3,(H,20,24);2-3,6-7,22-23H,4-5H2,1H3,(H,21,24);2-5,8,21-22H,6-7H2,1H3,(H,20,23). The second-order valence-electron chi connectivity index (χ2n) is 27.7. The highest BCUT2D eigenvalue weighted by molar-refractivity contribution is 14.1. The van der Waals surface area contributed by atoms with E-state index in [-0.39, 0.29) is 98.9 Å². The molecule has 1 saturated heterocycles. The summed E-state index contributed by atoms with van der Waals surface area (Å²) >= 11 is 16.7. The number of likely N-dealkylation sites (tertiary alicyclic amines) is 1. The van der Waals surface area contributed by atoms with Gasteiger partial charge in [-0.3, -0.25) is 24.0 Å². The number of carbonyl (C=O) groups is 5. The maximum absolute atomic E-state index is 14.7. The summed E-state index contributed by atoms with van der Waals surface area (Å²) in [6, 6.07) is 38.0. The summed E-state index contributed by atoms with van der Waals surface area (Å²) in [4.78, 5) is 63.8. The molecule has 0 saturated carbocycles. The third kappa shape index (κ3) is 31.3. The van der Waals surface area contributed by atoms with E-state index in [4.69, 9.17) is 20.4 Å². The van der Waals surface area contributed by atoms with Crippen LogP contribution in [0.5, 0.6) is 0 Å². The summed E-state index contributed by atoms with van der Waals surface area (Å²) < 4.78 is 131. The van der Waals surface area contributed by atoms with Gasteiger partial charge in [0.1, 0.15) is 5.82 Å². The monoisotopic (exact) mass is 2430 g/mol. The zero-order valence-electron chi connectivity index (χ0n) is 67.3. The number of aliphatic hydroxyl groups is 6. The normalized spacial score (nSPS) is 12.0. The zero-order chi connectivity index (χ0) is 92.1. The second-order valence-corrected chi connectivity index (χ2v) is 35.6. The van der Waals surface area contributed by atoms with Crippen LogP contribution in [-0.2, 0) is 0 Å². The first kappa shape index (κ1) is 104. The van der Waals surface area contributed by atoms with Crippen molar-refractivity contribution in [3.8, 4) is 0 Å².